The maximum atomic E-state index is 12.5. The van der Waals surface area contributed by atoms with Crippen LogP contribution in [0.3, 0.4) is 0 Å². The minimum absolute atomic E-state index is 0.114. The maximum Gasteiger partial charge on any atom is 0.334 e. The molecule has 1 saturated heterocycles. The third kappa shape index (κ3) is 9.32. The van der Waals surface area contributed by atoms with Crippen LogP contribution in [0.1, 0.15) is 77.3 Å². The molecule has 1 atom stereocenters. The lowest BCUT2D eigenvalue weighted by molar-refractivity contribution is -0.166. The summed E-state index contributed by atoms with van der Waals surface area (Å²) in [6.07, 6.45) is 7.07. The lowest BCUT2D eigenvalue weighted by Gasteiger charge is -2.24. The Morgan fingerprint density at radius 2 is 1.79 bits per heavy atom. The van der Waals surface area contributed by atoms with Crippen LogP contribution in [0.2, 0.25) is 0 Å². The molecule has 0 saturated carbocycles. The molecular formula is C28H42O5. The van der Waals surface area contributed by atoms with Gasteiger partial charge < -0.3 is 14.6 Å². The summed E-state index contributed by atoms with van der Waals surface area (Å²) in [7, 11) is 0. The smallest absolute Gasteiger partial charge is 0.334 e. The lowest BCUT2D eigenvalue weighted by atomic mass is 9.86. The van der Waals surface area contributed by atoms with Gasteiger partial charge in [-0.15, -0.1) is 0 Å². The second-order valence-electron chi connectivity index (χ2n) is 10.5. The van der Waals surface area contributed by atoms with Gasteiger partial charge in [0.15, 0.2) is 5.60 Å². The van der Waals surface area contributed by atoms with Crippen LogP contribution in [-0.4, -0.2) is 35.9 Å². The van der Waals surface area contributed by atoms with Crippen molar-refractivity contribution in [3.05, 3.63) is 47.0 Å². The molecule has 0 aliphatic carbocycles. The molecule has 0 bridgehead atoms. The van der Waals surface area contributed by atoms with Gasteiger partial charge in [-0.25, -0.2) is 4.79 Å². The van der Waals surface area contributed by atoms with Gasteiger partial charge in [-0.1, -0.05) is 63.6 Å². The van der Waals surface area contributed by atoms with E-state index in [1.807, 2.05) is 13.0 Å². The Morgan fingerprint density at radius 3 is 2.36 bits per heavy atom. The van der Waals surface area contributed by atoms with Crippen LogP contribution in [0.15, 0.2) is 35.9 Å². The number of hydrogen-bond donors (Lipinski definition) is 1. The van der Waals surface area contributed by atoms with E-state index >= 15 is 0 Å². The standard InChI is InChI=1S/C28H42O5/c1-20(2)15-24(16-21(3)4)13-14-25-17-28(18-29,33-27(25)31)19-32-26(30)8-6-7-23-11-9-22(5)10-12-23/h9-12,14,20-21,24,29H,6-8,13,15-19H2,1-5H3/b25-14+/t28-/m1/s1. The molecule has 1 aliphatic rings. The van der Waals surface area contributed by atoms with Crippen LogP contribution < -0.4 is 0 Å². The fourth-order valence-electron chi connectivity index (χ4n) is 4.49. The molecule has 0 unspecified atom stereocenters. The van der Waals surface area contributed by atoms with Gasteiger partial charge in [0.25, 0.3) is 0 Å². The molecule has 184 valence electrons. The number of carbonyl (C=O) groups excluding carboxylic acids is 2. The van der Waals surface area contributed by atoms with E-state index in [4.69, 9.17) is 9.47 Å². The quantitative estimate of drug-likeness (QED) is 0.309. The first-order valence-electron chi connectivity index (χ1n) is 12.4. The van der Waals surface area contributed by atoms with Crippen molar-refractivity contribution in [2.75, 3.05) is 13.2 Å². The molecule has 1 N–H and O–H groups in total. The number of cyclic esters (lactones) is 1. The molecule has 1 heterocycles. The number of aliphatic hydroxyl groups excluding tert-OH is 1. The zero-order valence-electron chi connectivity index (χ0n) is 21.1. The third-order valence-corrected chi connectivity index (χ3v) is 6.14. The highest BCUT2D eigenvalue weighted by atomic mass is 16.6. The molecular weight excluding hydrogens is 416 g/mol. The predicted octanol–water partition coefficient (Wildman–Crippen LogP) is 5.56. The van der Waals surface area contributed by atoms with Crippen molar-refractivity contribution in [3.63, 3.8) is 0 Å². The summed E-state index contributed by atoms with van der Waals surface area (Å²) < 4.78 is 10.9. The molecule has 5 nitrogen and oxygen atoms in total. The number of ether oxygens (including phenoxy) is 2. The van der Waals surface area contributed by atoms with E-state index in [2.05, 4.69) is 52.0 Å². The number of rotatable bonds is 13. The Morgan fingerprint density at radius 1 is 1.15 bits per heavy atom. The van der Waals surface area contributed by atoms with E-state index in [9.17, 15) is 14.7 Å². The van der Waals surface area contributed by atoms with E-state index in [0.717, 1.165) is 25.7 Å². The molecule has 5 heteroatoms. The fourth-order valence-corrected chi connectivity index (χ4v) is 4.49. The largest absolute Gasteiger partial charge is 0.461 e. The van der Waals surface area contributed by atoms with Gasteiger partial charge in [0, 0.05) is 18.4 Å². The van der Waals surface area contributed by atoms with E-state index in [1.165, 1.54) is 11.1 Å². The summed E-state index contributed by atoms with van der Waals surface area (Å²) in [5.74, 6) is 0.972. The van der Waals surface area contributed by atoms with Crippen molar-refractivity contribution >= 4 is 11.9 Å². The number of aliphatic hydroxyl groups is 1. The molecule has 1 fully saturated rings. The zero-order chi connectivity index (χ0) is 24.4. The summed E-state index contributed by atoms with van der Waals surface area (Å²) >= 11 is 0. The number of aryl methyl sites for hydroxylation is 2. The van der Waals surface area contributed by atoms with Crippen LogP contribution >= 0.6 is 0 Å². The molecule has 1 aromatic carbocycles. The van der Waals surface area contributed by atoms with Crippen molar-refractivity contribution in [2.45, 2.75) is 85.2 Å². The van der Waals surface area contributed by atoms with Crippen molar-refractivity contribution in [2.24, 2.45) is 17.8 Å². The number of esters is 2. The number of benzene rings is 1. The average Bonchev–Trinajstić information content (AvgIpc) is 3.07. The van der Waals surface area contributed by atoms with Crippen LogP contribution in [0.5, 0.6) is 0 Å². The lowest BCUT2D eigenvalue weighted by Crippen LogP contribution is -2.39. The van der Waals surface area contributed by atoms with Gasteiger partial charge in [0.05, 0.1) is 6.61 Å². The first-order valence-corrected chi connectivity index (χ1v) is 12.4. The number of hydrogen-bond acceptors (Lipinski definition) is 5. The summed E-state index contributed by atoms with van der Waals surface area (Å²) in [5.41, 5.74) is 1.81. The van der Waals surface area contributed by atoms with Gasteiger partial charge in [-0.3, -0.25) is 4.79 Å². The van der Waals surface area contributed by atoms with Gasteiger partial charge in [0.2, 0.25) is 0 Å². The first kappa shape index (κ1) is 27.1. The van der Waals surface area contributed by atoms with E-state index in [-0.39, 0.29) is 32.0 Å². The number of allylic oxidation sites excluding steroid dienone is 1. The average molecular weight is 459 g/mol. The molecule has 0 amide bonds. The highest BCUT2D eigenvalue weighted by Crippen LogP contribution is 2.33. The zero-order valence-corrected chi connectivity index (χ0v) is 21.1. The monoisotopic (exact) mass is 458 g/mol. The van der Waals surface area contributed by atoms with Crippen molar-refractivity contribution < 1.29 is 24.2 Å². The summed E-state index contributed by atoms with van der Waals surface area (Å²) in [6.45, 7) is 10.4. The number of carbonyl (C=O) groups is 2. The highest BCUT2D eigenvalue weighted by Gasteiger charge is 2.44. The minimum atomic E-state index is -1.17. The molecule has 0 aromatic heterocycles. The van der Waals surface area contributed by atoms with E-state index in [0.29, 0.717) is 29.7 Å². The van der Waals surface area contributed by atoms with Crippen LogP contribution in [-0.2, 0) is 25.5 Å². The fraction of sp³-hybridized carbons (Fsp3) is 0.643. The SMILES string of the molecule is Cc1ccc(CCCC(=O)OC[C@]2(CO)C/C(=C\CC(CC(C)C)CC(C)C)C(=O)O2)cc1. The third-order valence-electron chi connectivity index (χ3n) is 6.14. The second-order valence-corrected chi connectivity index (χ2v) is 10.5. The Labute approximate surface area is 199 Å². The Bertz CT molecular complexity index is 783. The van der Waals surface area contributed by atoms with E-state index in [1.54, 1.807) is 0 Å². The first-order chi connectivity index (χ1) is 15.6. The van der Waals surface area contributed by atoms with Gasteiger partial charge >= 0.3 is 11.9 Å². The molecule has 2 rings (SSSR count). The van der Waals surface area contributed by atoms with Gasteiger partial charge in [-0.05, 0) is 62.3 Å². The molecule has 1 aromatic rings. The Kier molecular flexibility index (Phi) is 10.6. The minimum Gasteiger partial charge on any atom is -0.461 e. The second kappa shape index (κ2) is 12.9. The van der Waals surface area contributed by atoms with Crippen molar-refractivity contribution in [1.82, 2.24) is 0 Å². The normalized spacial score (nSPS) is 19.7. The molecule has 1 aliphatic heterocycles. The summed E-state index contributed by atoms with van der Waals surface area (Å²) in [5, 5.41) is 9.93. The van der Waals surface area contributed by atoms with Crippen molar-refractivity contribution in [3.8, 4) is 0 Å². The predicted molar refractivity (Wildman–Crippen MR) is 131 cm³/mol. The summed E-state index contributed by atoms with van der Waals surface area (Å²) in [6, 6.07) is 8.26. The van der Waals surface area contributed by atoms with Crippen LogP contribution in [0.25, 0.3) is 0 Å². The Balaban J connectivity index is 1.85. The van der Waals surface area contributed by atoms with Crippen LogP contribution in [0, 0.1) is 24.7 Å². The molecule has 0 spiro atoms. The van der Waals surface area contributed by atoms with E-state index < -0.39 is 11.6 Å². The van der Waals surface area contributed by atoms with Gasteiger partial charge in [0.1, 0.15) is 6.61 Å². The molecule has 33 heavy (non-hydrogen) atoms. The topological polar surface area (TPSA) is 72.8 Å². The Hall–Kier alpha value is -2.14. The van der Waals surface area contributed by atoms with Gasteiger partial charge in [-0.2, -0.15) is 0 Å². The highest BCUT2D eigenvalue weighted by molar-refractivity contribution is 5.91. The van der Waals surface area contributed by atoms with Crippen LogP contribution in [0.4, 0.5) is 0 Å². The maximum absolute atomic E-state index is 12.5. The molecule has 0 radical (unpaired) electrons. The summed E-state index contributed by atoms with van der Waals surface area (Å²) in [4.78, 5) is 24.7. The van der Waals surface area contributed by atoms with Crippen molar-refractivity contribution in [1.29, 1.82) is 0 Å².